The zero-order valence-corrected chi connectivity index (χ0v) is 17.1. The molecule has 0 aliphatic carbocycles. The average Bonchev–Trinajstić information content (AvgIpc) is 2.72. The second-order valence-electron chi connectivity index (χ2n) is 5.34. The third-order valence-corrected chi connectivity index (χ3v) is 3.77. The summed E-state index contributed by atoms with van der Waals surface area (Å²) in [5.41, 5.74) is 1.02. The molecule has 1 rings (SSSR count). The van der Waals surface area contributed by atoms with Crippen LogP contribution in [0.5, 0.6) is 0 Å². The van der Waals surface area contributed by atoms with Crippen molar-refractivity contribution < 1.29 is 36.4 Å². The number of benzene rings is 1. The summed E-state index contributed by atoms with van der Waals surface area (Å²) >= 11 is 0. The van der Waals surface area contributed by atoms with Crippen LogP contribution in [0, 0.1) is 20.0 Å². The van der Waals surface area contributed by atoms with Gasteiger partial charge in [-0.3, -0.25) is 4.90 Å². The molecule has 0 aromatic heterocycles. The van der Waals surface area contributed by atoms with Gasteiger partial charge in [0.2, 0.25) is 0 Å². The van der Waals surface area contributed by atoms with E-state index in [-0.39, 0.29) is 23.4 Å². The molecular formula is C20H29CrNO4. The zero-order chi connectivity index (χ0) is 20.1. The van der Waals surface area contributed by atoms with E-state index in [4.69, 9.17) is 14.0 Å². The normalized spacial score (nSPS) is 10.9. The van der Waals surface area contributed by atoms with E-state index in [0.29, 0.717) is 0 Å². The summed E-state index contributed by atoms with van der Waals surface area (Å²) in [5.74, 6) is 0. The van der Waals surface area contributed by atoms with Crippen LogP contribution in [0.3, 0.4) is 0 Å². The predicted octanol–water partition coefficient (Wildman–Crippen LogP) is 3.90. The van der Waals surface area contributed by atoms with Crippen LogP contribution in [-0.2, 0) is 31.3 Å². The molecule has 26 heavy (non-hydrogen) atoms. The first-order chi connectivity index (χ1) is 12.2. The SMILES string of the molecule is CCCCN(CCCC)[C@@H](C)[C@H](O)c1ccccc1.[C-]#[O+].[C-]#[O+].[C-]#[O+].[Cr]. The first-order valence-electron chi connectivity index (χ1n) is 8.29. The quantitative estimate of drug-likeness (QED) is 0.505. The van der Waals surface area contributed by atoms with Crippen molar-refractivity contribution >= 4 is 0 Å². The van der Waals surface area contributed by atoms with Crippen LogP contribution in [0.1, 0.15) is 58.1 Å². The Balaban J connectivity index is -0.000000312. The number of aliphatic hydroxyl groups is 1. The van der Waals surface area contributed by atoms with Crippen LogP contribution >= 0.6 is 0 Å². The van der Waals surface area contributed by atoms with Crippen LogP contribution in [0.4, 0.5) is 0 Å². The zero-order valence-electron chi connectivity index (χ0n) is 15.8. The van der Waals surface area contributed by atoms with Crippen molar-refractivity contribution in [3.63, 3.8) is 0 Å². The third kappa shape index (κ3) is 15.2. The van der Waals surface area contributed by atoms with Gasteiger partial charge in [-0.2, -0.15) is 0 Å². The average molecular weight is 399 g/mol. The molecule has 0 fully saturated rings. The van der Waals surface area contributed by atoms with Crippen LogP contribution in [0.2, 0.25) is 0 Å². The van der Waals surface area contributed by atoms with Crippen LogP contribution in [-0.4, -0.2) is 29.1 Å². The Morgan fingerprint density at radius 2 is 1.27 bits per heavy atom. The molecule has 0 bridgehead atoms. The van der Waals surface area contributed by atoms with Gasteiger partial charge in [-0.1, -0.05) is 57.0 Å². The van der Waals surface area contributed by atoms with E-state index in [2.05, 4.69) is 45.6 Å². The molecule has 0 amide bonds. The Hall–Kier alpha value is -1.11. The Morgan fingerprint density at radius 1 is 0.885 bits per heavy atom. The molecule has 0 saturated carbocycles. The summed E-state index contributed by atoms with van der Waals surface area (Å²) in [5, 5.41) is 10.5. The molecule has 6 heteroatoms. The molecule has 0 aliphatic rings. The van der Waals surface area contributed by atoms with Crippen molar-refractivity contribution in [2.24, 2.45) is 0 Å². The minimum Gasteiger partial charge on any atom is 0 e. The van der Waals surface area contributed by atoms with Crippen LogP contribution in [0.25, 0.3) is 0 Å². The first-order valence-corrected chi connectivity index (χ1v) is 8.29. The van der Waals surface area contributed by atoms with Gasteiger partial charge in [0.25, 0.3) is 0 Å². The summed E-state index contributed by atoms with van der Waals surface area (Å²) in [4.78, 5) is 2.44. The molecule has 1 aromatic rings. The molecule has 0 spiro atoms. The van der Waals surface area contributed by atoms with Crippen molar-refractivity contribution in [2.45, 2.75) is 58.6 Å². The minimum atomic E-state index is -0.394. The van der Waals surface area contributed by atoms with Gasteiger partial charge in [0.05, 0.1) is 6.10 Å². The van der Waals surface area contributed by atoms with E-state index < -0.39 is 6.10 Å². The standard InChI is InChI=1S/C17H29NO.3CO.Cr/c1-4-6-13-18(14-7-5-2)15(3)17(19)16-11-9-8-10-12-16;3*1-2;/h8-12,15,17,19H,4-7,13-14H2,1-3H3;;;;/t15-,17-;;;;/m0..../s1. The number of rotatable bonds is 9. The second kappa shape index (κ2) is 26.1. The molecule has 0 unspecified atom stereocenters. The van der Waals surface area contributed by atoms with E-state index in [9.17, 15) is 5.11 Å². The van der Waals surface area contributed by atoms with Gasteiger partial charge in [-0.15, -0.1) is 0 Å². The maximum atomic E-state index is 10.5. The van der Waals surface area contributed by atoms with E-state index >= 15 is 0 Å². The van der Waals surface area contributed by atoms with Crippen molar-refractivity contribution in [3.8, 4) is 0 Å². The molecule has 0 heterocycles. The van der Waals surface area contributed by atoms with E-state index in [0.717, 1.165) is 18.7 Å². The smallest absolute Gasteiger partial charge is 0 e. The van der Waals surface area contributed by atoms with Gasteiger partial charge in [-0.25, -0.2) is 0 Å². The summed E-state index contributed by atoms with van der Waals surface area (Å²) < 4.78 is 22.5. The second-order valence-corrected chi connectivity index (χ2v) is 5.34. The predicted molar refractivity (Wildman–Crippen MR) is 94.0 cm³/mol. The van der Waals surface area contributed by atoms with Crippen molar-refractivity contribution in [1.29, 1.82) is 0 Å². The van der Waals surface area contributed by atoms with Gasteiger partial charge >= 0.3 is 33.9 Å². The van der Waals surface area contributed by atoms with Crippen LogP contribution < -0.4 is 0 Å². The minimum absolute atomic E-state index is 0. The molecule has 144 valence electrons. The molecule has 1 N–H and O–H groups in total. The van der Waals surface area contributed by atoms with Crippen LogP contribution in [0.15, 0.2) is 30.3 Å². The van der Waals surface area contributed by atoms with E-state index in [1.165, 1.54) is 25.7 Å². The van der Waals surface area contributed by atoms with Gasteiger partial charge in [0.1, 0.15) is 0 Å². The molecule has 0 aliphatic heterocycles. The van der Waals surface area contributed by atoms with Crippen molar-refractivity contribution in [2.75, 3.05) is 13.1 Å². The largest absolute Gasteiger partial charge is 0 e. The Morgan fingerprint density at radius 3 is 1.62 bits per heavy atom. The van der Waals surface area contributed by atoms with Gasteiger partial charge in [0, 0.05) is 23.4 Å². The first kappa shape index (κ1) is 32.6. The van der Waals surface area contributed by atoms with Gasteiger partial charge in [0.15, 0.2) is 0 Å². The maximum absolute atomic E-state index is 10.5. The Bertz CT molecular complexity index is 426. The monoisotopic (exact) mass is 399 g/mol. The Kier molecular flexibility index (Phi) is 32.7. The number of unbranched alkanes of at least 4 members (excludes halogenated alkanes) is 2. The van der Waals surface area contributed by atoms with E-state index in [1.54, 1.807) is 0 Å². The fourth-order valence-electron chi connectivity index (χ4n) is 2.37. The van der Waals surface area contributed by atoms with Crippen molar-refractivity contribution in [3.05, 3.63) is 55.8 Å². The molecule has 0 saturated heterocycles. The number of aliphatic hydroxyl groups excluding tert-OH is 1. The number of hydrogen-bond donors (Lipinski definition) is 1. The summed E-state index contributed by atoms with van der Waals surface area (Å²) in [6.45, 7) is 22.2. The molecule has 0 radical (unpaired) electrons. The number of nitrogens with zero attached hydrogens (tertiary/aromatic N) is 1. The maximum Gasteiger partial charge on any atom is 0 e. The molecule has 2 atom stereocenters. The summed E-state index contributed by atoms with van der Waals surface area (Å²) in [6.07, 6.45) is 4.42. The summed E-state index contributed by atoms with van der Waals surface area (Å²) in [7, 11) is 0. The topological polar surface area (TPSA) is 83.2 Å². The molecular weight excluding hydrogens is 370 g/mol. The van der Waals surface area contributed by atoms with Crippen molar-refractivity contribution in [1.82, 2.24) is 4.90 Å². The number of hydrogen-bond acceptors (Lipinski definition) is 2. The van der Waals surface area contributed by atoms with E-state index in [1.807, 2.05) is 30.3 Å². The molecule has 5 nitrogen and oxygen atoms in total. The van der Waals surface area contributed by atoms with Gasteiger partial charge < -0.3 is 5.11 Å². The fraction of sp³-hybridized carbons (Fsp3) is 0.550. The van der Waals surface area contributed by atoms with Gasteiger partial charge in [-0.05, 0) is 38.4 Å². The third-order valence-electron chi connectivity index (χ3n) is 3.77. The Labute approximate surface area is 169 Å². The molecule has 1 aromatic carbocycles. The summed E-state index contributed by atoms with van der Waals surface area (Å²) in [6, 6.07) is 10.2. The fourth-order valence-corrected chi connectivity index (χ4v) is 2.37.